The largest absolute Gasteiger partial charge is 0.481 e. The molecule has 29 heavy (non-hydrogen) atoms. The van der Waals surface area contributed by atoms with Crippen LogP contribution >= 0.6 is 0 Å². The number of fused-ring (bicyclic) bond motifs is 2. The van der Waals surface area contributed by atoms with Crippen molar-refractivity contribution >= 4 is 11.9 Å². The SMILES string of the molecule is CCC(C)CN1CC2C(=O)NC3(CCN(c4nc(OC)cc(OC)n4)CC3)C2C1. The Bertz CT molecular complexity index is 728. The number of aromatic nitrogens is 2. The molecule has 0 aromatic carbocycles. The van der Waals surface area contributed by atoms with Crippen LogP contribution in [-0.4, -0.2) is 73.3 Å². The normalized spacial score (nSPS) is 27.0. The first kappa shape index (κ1) is 20.2. The topological polar surface area (TPSA) is 79.8 Å². The summed E-state index contributed by atoms with van der Waals surface area (Å²) in [5, 5.41) is 3.39. The maximum atomic E-state index is 12.7. The van der Waals surface area contributed by atoms with E-state index in [0.717, 1.165) is 45.6 Å². The van der Waals surface area contributed by atoms with Gasteiger partial charge < -0.3 is 24.6 Å². The lowest BCUT2D eigenvalue weighted by atomic mass is 9.75. The summed E-state index contributed by atoms with van der Waals surface area (Å²) in [5.74, 6) is 3.09. The number of rotatable bonds is 6. The molecule has 0 aliphatic carbocycles. The van der Waals surface area contributed by atoms with Crippen molar-refractivity contribution in [1.82, 2.24) is 20.2 Å². The molecule has 1 aromatic heterocycles. The lowest BCUT2D eigenvalue weighted by Gasteiger charge is -2.42. The van der Waals surface area contributed by atoms with Crippen LogP contribution in [-0.2, 0) is 4.79 Å². The highest BCUT2D eigenvalue weighted by atomic mass is 16.5. The van der Waals surface area contributed by atoms with E-state index in [1.807, 2.05) is 0 Å². The molecule has 3 aliphatic rings. The number of amides is 1. The third kappa shape index (κ3) is 3.74. The van der Waals surface area contributed by atoms with Crippen molar-refractivity contribution in [3.63, 3.8) is 0 Å². The zero-order valence-corrected chi connectivity index (χ0v) is 18.0. The standard InChI is InChI=1S/C21H33N5O3/c1-5-14(2)11-25-12-15-16(13-25)21(24-19(15)27)6-8-26(9-7-21)20-22-17(28-3)10-18(23-20)29-4/h10,14-16H,5-9,11-13H2,1-4H3,(H,24,27). The molecule has 3 unspecified atom stereocenters. The van der Waals surface area contributed by atoms with Crippen LogP contribution in [0.1, 0.15) is 33.1 Å². The molecular weight excluding hydrogens is 370 g/mol. The Hall–Kier alpha value is -2.09. The molecule has 1 aromatic rings. The summed E-state index contributed by atoms with van der Waals surface area (Å²) in [6.07, 6.45) is 3.02. The number of likely N-dealkylation sites (tertiary alicyclic amines) is 1. The molecule has 3 saturated heterocycles. The fraction of sp³-hybridized carbons (Fsp3) is 0.762. The Morgan fingerprint density at radius 1 is 1.21 bits per heavy atom. The average Bonchev–Trinajstić information content (AvgIpc) is 3.27. The predicted molar refractivity (Wildman–Crippen MR) is 110 cm³/mol. The highest BCUT2D eigenvalue weighted by Gasteiger charge is 2.57. The van der Waals surface area contributed by atoms with Gasteiger partial charge in [-0.25, -0.2) is 0 Å². The van der Waals surface area contributed by atoms with E-state index in [0.29, 0.717) is 29.5 Å². The van der Waals surface area contributed by atoms with E-state index in [1.165, 1.54) is 6.42 Å². The van der Waals surface area contributed by atoms with E-state index in [-0.39, 0.29) is 17.4 Å². The van der Waals surface area contributed by atoms with Crippen LogP contribution in [0.5, 0.6) is 11.8 Å². The fourth-order valence-corrected chi connectivity index (χ4v) is 5.20. The average molecular weight is 404 g/mol. The number of nitrogens with one attached hydrogen (secondary N) is 1. The first-order valence-corrected chi connectivity index (χ1v) is 10.7. The molecule has 0 saturated carbocycles. The maximum Gasteiger partial charge on any atom is 0.231 e. The first-order valence-electron chi connectivity index (χ1n) is 10.7. The van der Waals surface area contributed by atoms with Gasteiger partial charge in [-0.2, -0.15) is 9.97 Å². The van der Waals surface area contributed by atoms with Crippen molar-refractivity contribution in [3.8, 4) is 11.8 Å². The molecule has 160 valence electrons. The number of piperidine rings is 1. The summed E-state index contributed by atoms with van der Waals surface area (Å²) < 4.78 is 10.6. The number of hydrogen-bond donors (Lipinski definition) is 1. The van der Waals surface area contributed by atoms with E-state index in [2.05, 4.69) is 38.9 Å². The first-order chi connectivity index (χ1) is 14.0. The zero-order chi connectivity index (χ0) is 20.6. The second-order valence-corrected chi connectivity index (χ2v) is 8.83. The van der Waals surface area contributed by atoms with Crippen LogP contribution in [0.2, 0.25) is 0 Å². The molecule has 4 heterocycles. The Morgan fingerprint density at radius 2 is 1.86 bits per heavy atom. The molecule has 3 fully saturated rings. The molecule has 8 heteroatoms. The molecule has 1 amide bonds. The predicted octanol–water partition coefficient (Wildman–Crippen LogP) is 1.56. The maximum absolute atomic E-state index is 12.7. The third-order valence-electron chi connectivity index (χ3n) is 7.11. The number of anilines is 1. The lowest BCUT2D eigenvalue weighted by molar-refractivity contribution is -0.123. The minimum atomic E-state index is -0.0919. The van der Waals surface area contributed by atoms with Gasteiger partial charge in [-0.1, -0.05) is 20.3 Å². The van der Waals surface area contributed by atoms with Crippen LogP contribution in [0.15, 0.2) is 6.07 Å². The van der Waals surface area contributed by atoms with Crippen LogP contribution in [0, 0.1) is 17.8 Å². The van der Waals surface area contributed by atoms with Crippen molar-refractivity contribution in [2.45, 2.75) is 38.6 Å². The fourth-order valence-electron chi connectivity index (χ4n) is 5.20. The second-order valence-electron chi connectivity index (χ2n) is 8.83. The monoisotopic (exact) mass is 403 g/mol. The smallest absolute Gasteiger partial charge is 0.231 e. The number of methoxy groups -OCH3 is 2. The van der Waals surface area contributed by atoms with Crippen molar-refractivity contribution in [3.05, 3.63) is 6.07 Å². The van der Waals surface area contributed by atoms with Gasteiger partial charge in [0.05, 0.1) is 26.2 Å². The Balaban J connectivity index is 1.45. The van der Waals surface area contributed by atoms with Crippen molar-refractivity contribution in [1.29, 1.82) is 0 Å². The van der Waals surface area contributed by atoms with Gasteiger partial charge in [0.2, 0.25) is 23.6 Å². The van der Waals surface area contributed by atoms with Gasteiger partial charge >= 0.3 is 0 Å². The molecule has 1 spiro atoms. The van der Waals surface area contributed by atoms with E-state index in [9.17, 15) is 4.79 Å². The third-order valence-corrected chi connectivity index (χ3v) is 7.11. The van der Waals surface area contributed by atoms with Crippen LogP contribution in [0.3, 0.4) is 0 Å². The van der Waals surface area contributed by atoms with Crippen molar-refractivity contribution in [2.24, 2.45) is 17.8 Å². The molecule has 4 rings (SSSR count). The van der Waals surface area contributed by atoms with Crippen LogP contribution in [0.4, 0.5) is 5.95 Å². The molecule has 1 N–H and O–H groups in total. The van der Waals surface area contributed by atoms with Gasteiger partial charge in [0.1, 0.15) is 0 Å². The summed E-state index contributed by atoms with van der Waals surface area (Å²) in [4.78, 5) is 26.4. The van der Waals surface area contributed by atoms with Crippen LogP contribution < -0.4 is 19.7 Å². The molecule has 0 bridgehead atoms. The quantitative estimate of drug-likeness (QED) is 0.772. The summed E-state index contributed by atoms with van der Waals surface area (Å²) in [7, 11) is 3.19. The van der Waals surface area contributed by atoms with E-state index in [4.69, 9.17) is 9.47 Å². The van der Waals surface area contributed by atoms with Crippen molar-refractivity contribution < 1.29 is 14.3 Å². The number of carbonyl (C=O) groups is 1. The van der Waals surface area contributed by atoms with E-state index < -0.39 is 0 Å². The van der Waals surface area contributed by atoms with E-state index >= 15 is 0 Å². The highest BCUT2D eigenvalue weighted by Crippen LogP contribution is 2.44. The van der Waals surface area contributed by atoms with Gasteiger partial charge in [-0.05, 0) is 18.8 Å². The molecular formula is C21H33N5O3. The molecule has 3 aliphatic heterocycles. The van der Waals surface area contributed by atoms with E-state index in [1.54, 1.807) is 20.3 Å². The van der Waals surface area contributed by atoms with Gasteiger partial charge in [0.15, 0.2) is 0 Å². The number of nitrogens with zero attached hydrogens (tertiary/aromatic N) is 4. The number of ether oxygens (including phenoxy) is 2. The van der Waals surface area contributed by atoms with Crippen molar-refractivity contribution in [2.75, 3.05) is 51.8 Å². The minimum absolute atomic E-state index is 0.0919. The number of carbonyl (C=O) groups excluding carboxylic acids is 1. The van der Waals surface area contributed by atoms with Gasteiger partial charge in [-0.3, -0.25) is 4.79 Å². The van der Waals surface area contributed by atoms with Gasteiger partial charge in [0.25, 0.3) is 0 Å². The Labute approximate surface area is 173 Å². The minimum Gasteiger partial charge on any atom is -0.481 e. The summed E-state index contributed by atoms with van der Waals surface area (Å²) in [6, 6.07) is 1.68. The molecule has 8 nitrogen and oxygen atoms in total. The van der Waals surface area contributed by atoms with Gasteiger partial charge in [-0.15, -0.1) is 0 Å². The summed E-state index contributed by atoms with van der Waals surface area (Å²) >= 11 is 0. The second kappa shape index (κ2) is 7.97. The zero-order valence-electron chi connectivity index (χ0n) is 18.0. The lowest BCUT2D eigenvalue weighted by Crippen LogP contribution is -2.55. The Morgan fingerprint density at radius 3 is 2.45 bits per heavy atom. The molecule has 3 atom stereocenters. The highest BCUT2D eigenvalue weighted by molar-refractivity contribution is 5.83. The number of hydrogen-bond acceptors (Lipinski definition) is 7. The van der Waals surface area contributed by atoms with Gasteiger partial charge in [0, 0.05) is 44.2 Å². The summed E-state index contributed by atoms with van der Waals surface area (Å²) in [5.41, 5.74) is -0.0919. The Kier molecular flexibility index (Phi) is 5.55. The van der Waals surface area contributed by atoms with Crippen LogP contribution in [0.25, 0.3) is 0 Å². The summed E-state index contributed by atoms with van der Waals surface area (Å²) in [6.45, 7) is 9.18. The molecule has 0 radical (unpaired) electrons.